The molecular weight excluding hydrogens is 184 g/mol. The maximum Gasteiger partial charge on any atom is 0.0281 e. The summed E-state index contributed by atoms with van der Waals surface area (Å²) in [5, 5.41) is 3.46. The van der Waals surface area contributed by atoms with Crippen LogP contribution in [0.1, 0.15) is 30.4 Å². The number of hydrogen-bond donors (Lipinski definition) is 2. The van der Waals surface area contributed by atoms with Crippen LogP contribution in [0, 0.1) is 6.92 Å². The van der Waals surface area contributed by atoms with Crippen molar-refractivity contribution in [3.05, 3.63) is 35.4 Å². The number of nitrogens with two attached hydrogens (primary N) is 1. The van der Waals surface area contributed by atoms with Gasteiger partial charge < -0.3 is 11.1 Å². The van der Waals surface area contributed by atoms with Crippen LogP contribution in [0.3, 0.4) is 0 Å². The smallest absolute Gasteiger partial charge is 0.0281 e. The quantitative estimate of drug-likeness (QED) is 0.787. The molecular formula is C13H20N2. The van der Waals surface area contributed by atoms with Gasteiger partial charge in [0.1, 0.15) is 0 Å². The van der Waals surface area contributed by atoms with Gasteiger partial charge in [0.2, 0.25) is 0 Å². The van der Waals surface area contributed by atoms with E-state index in [1.165, 1.54) is 30.4 Å². The van der Waals surface area contributed by atoms with Crippen molar-refractivity contribution in [3.63, 3.8) is 0 Å². The third-order valence-electron chi connectivity index (χ3n) is 3.40. The van der Waals surface area contributed by atoms with E-state index in [1.807, 2.05) is 0 Å². The first kappa shape index (κ1) is 10.7. The Kier molecular flexibility index (Phi) is 3.08. The molecule has 0 amide bonds. The van der Waals surface area contributed by atoms with Gasteiger partial charge in [0.25, 0.3) is 0 Å². The van der Waals surface area contributed by atoms with E-state index < -0.39 is 0 Å². The lowest BCUT2D eigenvalue weighted by Crippen LogP contribution is -2.53. The first-order chi connectivity index (χ1) is 7.20. The summed E-state index contributed by atoms with van der Waals surface area (Å²) in [6.07, 6.45) is 3.64. The molecule has 0 radical (unpaired) electrons. The molecule has 0 spiro atoms. The lowest BCUT2D eigenvalue weighted by atomic mass is 9.78. The van der Waals surface area contributed by atoms with Crippen molar-refractivity contribution < 1.29 is 0 Å². The first-order valence-electron chi connectivity index (χ1n) is 5.74. The van der Waals surface area contributed by atoms with Crippen LogP contribution in [0.25, 0.3) is 0 Å². The number of aryl methyl sites for hydroxylation is 1. The molecule has 2 nitrogen and oxygen atoms in total. The molecule has 0 aliphatic heterocycles. The highest BCUT2D eigenvalue weighted by molar-refractivity contribution is 5.25. The Morgan fingerprint density at radius 1 is 1.33 bits per heavy atom. The van der Waals surface area contributed by atoms with Crippen LogP contribution >= 0.6 is 0 Å². The average Bonchev–Trinajstić information content (AvgIpc) is 2.18. The van der Waals surface area contributed by atoms with Crippen LogP contribution in [-0.4, -0.2) is 12.1 Å². The summed E-state index contributed by atoms with van der Waals surface area (Å²) in [5.41, 5.74) is 8.96. The maximum absolute atomic E-state index is 6.14. The summed E-state index contributed by atoms with van der Waals surface area (Å²) >= 11 is 0. The molecule has 2 rings (SSSR count). The highest BCUT2D eigenvalue weighted by atomic mass is 14.9. The first-order valence-corrected chi connectivity index (χ1v) is 5.74. The second-order valence-corrected chi connectivity index (χ2v) is 4.75. The topological polar surface area (TPSA) is 38.0 Å². The monoisotopic (exact) mass is 204 g/mol. The lowest BCUT2D eigenvalue weighted by molar-refractivity contribution is 0.239. The Morgan fingerprint density at radius 3 is 2.67 bits per heavy atom. The van der Waals surface area contributed by atoms with Crippen molar-refractivity contribution >= 4 is 0 Å². The zero-order valence-electron chi connectivity index (χ0n) is 9.42. The van der Waals surface area contributed by atoms with Crippen molar-refractivity contribution in [1.29, 1.82) is 0 Å². The average molecular weight is 204 g/mol. The number of rotatable bonds is 4. The van der Waals surface area contributed by atoms with Crippen LogP contribution < -0.4 is 11.1 Å². The van der Waals surface area contributed by atoms with E-state index in [9.17, 15) is 0 Å². The molecule has 1 aromatic carbocycles. The predicted octanol–water partition coefficient (Wildman–Crippen LogP) is 1.97. The minimum Gasteiger partial charge on any atom is -0.324 e. The molecule has 1 aliphatic rings. The summed E-state index contributed by atoms with van der Waals surface area (Å²) in [4.78, 5) is 0. The van der Waals surface area contributed by atoms with Gasteiger partial charge in [-0.25, -0.2) is 0 Å². The van der Waals surface area contributed by atoms with E-state index in [4.69, 9.17) is 5.73 Å². The molecule has 1 aliphatic carbocycles. The third kappa shape index (κ3) is 2.58. The molecule has 0 unspecified atom stereocenters. The van der Waals surface area contributed by atoms with Crippen molar-refractivity contribution in [3.8, 4) is 0 Å². The Bertz CT molecular complexity index is 329. The van der Waals surface area contributed by atoms with E-state index in [0.29, 0.717) is 0 Å². The van der Waals surface area contributed by atoms with Gasteiger partial charge in [-0.2, -0.15) is 0 Å². The van der Waals surface area contributed by atoms with Gasteiger partial charge in [0, 0.05) is 18.6 Å². The van der Waals surface area contributed by atoms with Crippen molar-refractivity contribution in [2.24, 2.45) is 5.73 Å². The van der Waals surface area contributed by atoms with Crippen LogP contribution in [0.4, 0.5) is 0 Å². The van der Waals surface area contributed by atoms with Gasteiger partial charge in [-0.15, -0.1) is 0 Å². The van der Waals surface area contributed by atoms with Crippen molar-refractivity contribution in [2.45, 2.75) is 38.3 Å². The minimum atomic E-state index is 0.0860. The summed E-state index contributed by atoms with van der Waals surface area (Å²) in [6.45, 7) is 4.03. The molecule has 15 heavy (non-hydrogen) atoms. The van der Waals surface area contributed by atoms with Gasteiger partial charge in [-0.05, 0) is 37.3 Å². The Balaban J connectivity index is 1.81. The fourth-order valence-electron chi connectivity index (χ4n) is 2.06. The highest BCUT2D eigenvalue weighted by Gasteiger charge is 2.31. The highest BCUT2D eigenvalue weighted by Crippen LogP contribution is 2.28. The lowest BCUT2D eigenvalue weighted by Gasteiger charge is -2.38. The van der Waals surface area contributed by atoms with Crippen LogP contribution in [0.5, 0.6) is 0 Å². The van der Waals surface area contributed by atoms with Crippen LogP contribution in [0.15, 0.2) is 24.3 Å². The predicted molar refractivity (Wildman–Crippen MR) is 63.7 cm³/mol. The molecule has 0 bridgehead atoms. The van der Waals surface area contributed by atoms with E-state index in [-0.39, 0.29) is 5.54 Å². The van der Waals surface area contributed by atoms with Crippen molar-refractivity contribution in [1.82, 2.24) is 5.32 Å². The minimum absolute atomic E-state index is 0.0860. The molecule has 0 heterocycles. The summed E-state index contributed by atoms with van der Waals surface area (Å²) in [5.74, 6) is 0. The van der Waals surface area contributed by atoms with Crippen molar-refractivity contribution in [2.75, 3.05) is 6.54 Å². The van der Waals surface area contributed by atoms with E-state index in [0.717, 1.165) is 13.1 Å². The van der Waals surface area contributed by atoms with Crippen LogP contribution in [-0.2, 0) is 6.54 Å². The largest absolute Gasteiger partial charge is 0.324 e. The summed E-state index contributed by atoms with van der Waals surface area (Å²) in [7, 11) is 0. The number of nitrogens with one attached hydrogen (secondary N) is 1. The summed E-state index contributed by atoms with van der Waals surface area (Å²) in [6, 6.07) is 8.49. The Hall–Kier alpha value is -0.860. The van der Waals surface area contributed by atoms with E-state index >= 15 is 0 Å². The second kappa shape index (κ2) is 4.33. The molecule has 1 saturated carbocycles. The molecule has 0 aromatic heterocycles. The SMILES string of the molecule is Cc1ccccc1CNCC1(N)CCC1. The van der Waals surface area contributed by atoms with Gasteiger partial charge >= 0.3 is 0 Å². The molecule has 1 aromatic rings. The number of benzene rings is 1. The fraction of sp³-hybridized carbons (Fsp3) is 0.538. The second-order valence-electron chi connectivity index (χ2n) is 4.75. The Labute approximate surface area is 91.9 Å². The van der Waals surface area contributed by atoms with E-state index in [1.54, 1.807) is 0 Å². The summed E-state index contributed by atoms with van der Waals surface area (Å²) < 4.78 is 0. The van der Waals surface area contributed by atoms with Gasteiger partial charge in [-0.3, -0.25) is 0 Å². The molecule has 0 atom stereocenters. The normalized spacial score (nSPS) is 18.5. The van der Waals surface area contributed by atoms with Gasteiger partial charge in [-0.1, -0.05) is 24.3 Å². The maximum atomic E-state index is 6.14. The zero-order chi connectivity index (χ0) is 10.7. The van der Waals surface area contributed by atoms with Crippen LogP contribution in [0.2, 0.25) is 0 Å². The van der Waals surface area contributed by atoms with Gasteiger partial charge in [0.15, 0.2) is 0 Å². The molecule has 3 N–H and O–H groups in total. The third-order valence-corrected chi connectivity index (χ3v) is 3.40. The molecule has 2 heteroatoms. The van der Waals surface area contributed by atoms with Gasteiger partial charge in [0.05, 0.1) is 0 Å². The molecule has 0 saturated heterocycles. The molecule has 1 fully saturated rings. The molecule has 82 valence electrons. The number of hydrogen-bond acceptors (Lipinski definition) is 2. The Morgan fingerprint density at radius 2 is 2.07 bits per heavy atom. The standard InChI is InChI=1S/C13H20N2/c1-11-5-2-3-6-12(11)9-15-10-13(14)7-4-8-13/h2-3,5-6,15H,4,7-10,14H2,1H3. The fourth-order valence-corrected chi connectivity index (χ4v) is 2.06. The van der Waals surface area contributed by atoms with E-state index in [2.05, 4.69) is 36.5 Å². The zero-order valence-corrected chi connectivity index (χ0v) is 9.42.